The van der Waals surface area contributed by atoms with E-state index in [0.29, 0.717) is 17.1 Å². The Kier molecular flexibility index (Phi) is 2.82. The summed E-state index contributed by atoms with van der Waals surface area (Å²) in [6.07, 6.45) is 1.55. The first-order chi connectivity index (χ1) is 7.61. The molecule has 2 rings (SSSR count). The van der Waals surface area contributed by atoms with Crippen molar-refractivity contribution in [2.45, 2.75) is 24.9 Å². The molecule has 1 aromatic heterocycles. The molecule has 0 amide bonds. The number of H-pyrrole nitrogens is 1. The first-order valence-electron chi connectivity index (χ1n) is 4.97. The van der Waals surface area contributed by atoms with Crippen LogP contribution in [0, 0.1) is 10.1 Å². The number of aromatic nitrogens is 2. The average Bonchev–Trinajstić information content (AvgIpc) is 2.56. The van der Waals surface area contributed by atoms with E-state index in [9.17, 15) is 10.1 Å². The molecule has 0 bridgehead atoms. The van der Waals surface area contributed by atoms with Crippen molar-refractivity contribution in [3.05, 3.63) is 27.8 Å². The summed E-state index contributed by atoms with van der Waals surface area (Å²) in [5, 5.41) is 11.4. The third kappa shape index (κ3) is 1.88. The van der Waals surface area contributed by atoms with Gasteiger partial charge in [0.15, 0.2) is 5.16 Å². The first-order valence-corrected chi connectivity index (χ1v) is 5.42. The zero-order chi connectivity index (χ0) is 11.7. The minimum atomic E-state index is -0.358. The van der Waals surface area contributed by atoms with E-state index in [2.05, 4.69) is 22.6 Å². The first kappa shape index (κ1) is 10.9. The van der Waals surface area contributed by atoms with Crippen LogP contribution in [0.15, 0.2) is 17.3 Å². The van der Waals surface area contributed by atoms with Gasteiger partial charge in [-0.15, -0.1) is 12.6 Å². The van der Waals surface area contributed by atoms with Gasteiger partial charge in [0, 0.05) is 11.6 Å². The van der Waals surface area contributed by atoms with Gasteiger partial charge in [-0.3, -0.25) is 10.1 Å². The maximum absolute atomic E-state index is 10.9. The Balaban J connectivity index is 2.64. The van der Waals surface area contributed by atoms with Crippen LogP contribution >= 0.6 is 12.6 Å². The van der Waals surface area contributed by atoms with Gasteiger partial charge in [-0.2, -0.15) is 0 Å². The molecule has 0 aliphatic carbocycles. The fourth-order valence-electron chi connectivity index (χ4n) is 1.71. The Morgan fingerprint density at radius 1 is 1.56 bits per heavy atom. The standard InChI is InChI=1S/C10H11N3O2S/c1-2-3-6-4-7-8(12-10(16)11-7)5-9(6)13(14)15/h4-5H,2-3H2,1H3,(H2,11,12,16). The lowest BCUT2D eigenvalue weighted by molar-refractivity contribution is -0.385. The lowest BCUT2D eigenvalue weighted by atomic mass is 10.1. The number of hydrogen-bond donors (Lipinski definition) is 2. The Hall–Kier alpha value is -1.56. The number of hydrogen-bond acceptors (Lipinski definition) is 4. The predicted molar refractivity (Wildman–Crippen MR) is 64.0 cm³/mol. The van der Waals surface area contributed by atoms with Crippen LogP contribution < -0.4 is 0 Å². The lowest BCUT2D eigenvalue weighted by Crippen LogP contribution is -1.95. The van der Waals surface area contributed by atoms with Gasteiger partial charge in [0.1, 0.15) is 0 Å². The minimum Gasteiger partial charge on any atom is -0.333 e. The number of aromatic amines is 1. The molecule has 84 valence electrons. The summed E-state index contributed by atoms with van der Waals surface area (Å²) < 4.78 is 0. The fraction of sp³-hybridized carbons (Fsp3) is 0.300. The van der Waals surface area contributed by atoms with E-state index in [1.54, 1.807) is 6.07 Å². The molecular weight excluding hydrogens is 226 g/mol. The highest BCUT2D eigenvalue weighted by Crippen LogP contribution is 2.26. The monoisotopic (exact) mass is 237 g/mol. The maximum Gasteiger partial charge on any atom is 0.274 e. The topological polar surface area (TPSA) is 71.8 Å². The normalized spacial score (nSPS) is 10.9. The van der Waals surface area contributed by atoms with Crippen molar-refractivity contribution >= 4 is 29.3 Å². The van der Waals surface area contributed by atoms with Crippen LogP contribution in [0.4, 0.5) is 5.69 Å². The molecule has 0 spiro atoms. The van der Waals surface area contributed by atoms with Crippen LogP contribution in [0.1, 0.15) is 18.9 Å². The average molecular weight is 237 g/mol. The molecule has 0 aliphatic rings. The quantitative estimate of drug-likeness (QED) is 0.489. The number of fused-ring (bicyclic) bond motifs is 1. The van der Waals surface area contributed by atoms with E-state index < -0.39 is 0 Å². The van der Waals surface area contributed by atoms with Crippen molar-refractivity contribution in [3.8, 4) is 0 Å². The van der Waals surface area contributed by atoms with Crippen molar-refractivity contribution in [1.29, 1.82) is 0 Å². The van der Waals surface area contributed by atoms with E-state index >= 15 is 0 Å². The second kappa shape index (κ2) is 4.13. The largest absolute Gasteiger partial charge is 0.333 e. The Morgan fingerprint density at radius 2 is 2.31 bits per heavy atom. The van der Waals surface area contributed by atoms with Gasteiger partial charge in [0.25, 0.3) is 5.69 Å². The van der Waals surface area contributed by atoms with E-state index in [0.717, 1.165) is 17.5 Å². The van der Waals surface area contributed by atoms with Crippen LogP contribution in [-0.2, 0) is 6.42 Å². The number of benzene rings is 1. The summed E-state index contributed by atoms with van der Waals surface area (Å²) in [6.45, 7) is 1.99. The molecule has 0 unspecified atom stereocenters. The number of nitro benzene ring substituents is 1. The number of nitrogens with zero attached hydrogens (tertiary/aromatic N) is 2. The third-order valence-electron chi connectivity index (χ3n) is 2.39. The highest BCUT2D eigenvalue weighted by molar-refractivity contribution is 7.80. The van der Waals surface area contributed by atoms with Crippen molar-refractivity contribution in [1.82, 2.24) is 9.97 Å². The second-order valence-corrected chi connectivity index (χ2v) is 3.99. The van der Waals surface area contributed by atoms with Crippen molar-refractivity contribution in [2.75, 3.05) is 0 Å². The Bertz CT molecular complexity index is 550. The predicted octanol–water partition coefficient (Wildman–Crippen LogP) is 2.71. The van der Waals surface area contributed by atoms with Gasteiger partial charge in [0.2, 0.25) is 0 Å². The highest BCUT2D eigenvalue weighted by Gasteiger charge is 2.15. The Labute approximate surface area is 97.4 Å². The van der Waals surface area contributed by atoms with E-state index in [4.69, 9.17) is 0 Å². The fourth-order valence-corrected chi connectivity index (χ4v) is 1.94. The summed E-state index contributed by atoms with van der Waals surface area (Å²) >= 11 is 4.08. The molecule has 5 nitrogen and oxygen atoms in total. The van der Waals surface area contributed by atoms with Crippen molar-refractivity contribution in [3.63, 3.8) is 0 Å². The van der Waals surface area contributed by atoms with Gasteiger partial charge in [0.05, 0.1) is 16.0 Å². The number of imidazole rings is 1. The lowest BCUT2D eigenvalue weighted by Gasteiger charge is -2.00. The second-order valence-electron chi connectivity index (χ2n) is 3.57. The Morgan fingerprint density at radius 3 is 2.94 bits per heavy atom. The molecule has 0 saturated carbocycles. The molecule has 0 fully saturated rings. The number of nitro groups is 1. The molecule has 1 heterocycles. The van der Waals surface area contributed by atoms with Crippen LogP contribution in [0.5, 0.6) is 0 Å². The molecule has 2 aromatic rings. The summed E-state index contributed by atoms with van der Waals surface area (Å²) in [7, 11) is 0. The van der Waals surface area contributed by atoms with E-state index in [1.807, 2.05) is 6.92 Å². The molecule has 0 atom stereocenters. The van der Waals surface area contributed by atoms with Crippen LogP contribution in [-0.4, -0.2) is 14.9 Å². The van der Waals surface area contributed by atoms with E-state index in [1.165, 1.54) is 6.07 Å². The number of aryl methyl sites for hydroxylation is 1. The molecule has 6 heteroatoms. The van der Waals surface area contributed by atoms with Crippen LogP contribution in [0.25, 0.3) is 11.0 Å². The smallest absolute Gasteiger partial charge is 0.274 e. The molecular formula is C10H11N3O2S. The van der Waals surface area contributed by atoms with Gasteiger partial charge < -0.3 is 4.98 Å². The summed E-state index contributed by atoms with van der Waals surface area (Å²) in [5.74, 6) is 0. The van der Waals surface area contributed by atoms with Gasteiger partial charge in [-0.25, -0.2) is 4.98 Å². The molecule has 16 heavy (non-hydrogen) atoms. The van der Waals surface area contributed by atoms with Crippen molar-refractivity contribution < 1.29 is 4.92 Å². The number of rotatable bonds is 3. The molecule has 1 aromatic carbocycles. The molecule has 0 radical (unpaired) electrons. The summed E-state index contributed by atoms with van der Waals surface area (Å²) in [4.78, 5) is 17.6. The zero-order valence-corrected chi connectivity index (χ0v) is 9.62. The third-order valence-corrected chi connectivity index (χ3v) is 2.60. The SMILES string of the molecule is CCCc1cc2nc(S)[nH]c2cc1[N+](=O)[O-]. The summed E-state index contributed by atoms with van der Waals surface area (Å²) in [6, 6.07) is 3.28. The maximum atomic E-state index is 10.9. The van der Waals surface area contributed by atoms with Crippen LogP contribution in [0.3, 0.4) is 0 Å². The number of nitrogens with one attached hydrogen (secondary N) is 1. The van der Waals surface area contributed by atoms with Gasteiger partial charge in [-0.05, 0) is 12.5 Å². The van der Waals surface area contributed by atoms with Crippen LogP contribution in [0.2, 0.25) is 0 Å². The zero-order valence-electron chi connectivity index (χ0n) is 8.73. The highest BCUT2D eigenvalue weighted by atomic mass is 32.1. The molecule has 0 aliphatic heterocycles. The summed E-state index contributed by atoms with van der Waals surface area (Å²) in [5.41, 5.74) is 2.24. The number of thiol groups is 1. The minimum absolute atomic E-state index is 0.145. The van der Waals surface area contributed by atoms with E-state index in [-0.39, 0.29) is 10.6 Å². The van der Waals surface area contributed by atoms with Crippen molar-refractivity contribution in [2.24, 2.45) is 0 Å². The molecule has 1 N–H and O–H groups in total. The van der Waals surface area contributed by atoms with Gasteiger partial charge >= 0.3 is 0 Å². The van der Waals surface area contributed by atoms with Gasteiger partial charge in [-0.1, -0.05) is 13.3 Å². The molecule has 0 saturated heterocycles.